The molecule has 0 bridgehead atoms. The number of imidazole rings is 1. The Bertz CT molecular complexity index is 717. The lowest BCUT2D eigenvalue weighted by Crippen LogP contribution is -1.91. The minimum absolute atomic E-state index is 0.354. The van der Waals surface area contributed by atoms with Crippen LogP contribution in [0.1, 0.15) is 0 Å². The van der Waals surface area contributed by atoms with Crippen molar-refractivity contribution >= 4 is 40.2 Å². The van der Waals surface area contributed by atoms with E-state index >= 15 is 0 Å². The standard InChI is InChI=1S/C11H7Cl2N5/c12-6-1-5(2-7(13)3-6)10-17-8-9(14)15-4-16-11(8)18-10/h1-4H,(H3,14,15,16,17,18). The molecule has 0 fully saturated rings. The van der Waals surface area contributed by atoms with Crippen molar-refractivity contribution in [3.05, 3.63) is 34.6 Å². The number of benzene rings is 1. The van der Waals surface area contributed by atoms with Gasteiger partial charge in [-0.3, -0.25) is 0 Å². The van der Waals surface area contributed by atoms with E-state index in [0.717, 1.165) is 5.56 Å². The van der Waals surface area contributed by atoms with Crippen LogP contribution in [0.15, 0.2) is 24.5 Å². The first-order valence-electron chi connectivity index (χ1n) is 5.06. The number of halogens is 2. The lowest BCUT2D eigenvalue weighted by Gasteiger charge is -1.98. The molecule has 0 spiro atoms. The molecule has 0 aliphatic carbocycles. The number of hydrogen-bond acceptors (Lipinski definition) is 4. The summed E-state index contributed by atoms with van der Waals surface area (Å²) in [6.45, 7) is 0. The Kier molecular flexibility index (Phi) is 2.57. The maximum atomic E-state index is 5.95. The van der Waals surface area contributed by atoms with E-state index in [-0.39, 0.29) is 0 Å². The molecule has 1 aromatic carbocycles. The molecule has 0 aliphatic rings. The second-order valence-electron chi connectivity index (χ2n) is 3.70. The van der Waals surface area contributed by atoms with E-state index in [2.05, 4.69) is 19.9 Å². The van der Waals surface area contributed by atoms with Crippen LogP contribution in [0.4, 0.5) is 5.82 Å². The summed E-state index contributed by atoms with van der Waals surface area (Å²) >= 11 is 11.9. The molecule has 0 atom stereocenters. The van der Waals surface area contributed by atoms with Gasteiger partial charge in [0, 0.05) is 15.6 Å². The predicted molar refractivity (Wildman–Crippen MR) is 71.6 cm³/mol. The zero-order valence-corrected chi connectivity index (χ0v) is 10.5. The van der Waals surface area contributed by atoms with Gasteiger partial charge < -0.3 is 10.7 Å². The van der Waals surface area contributed by atoms with Crippen molar-refractivity contribution in [1.29, 1.82) is 0 Å². The number of nitrogens with zero attached hydrogens (tertiary/aromatic N) is 3. The maximum absolute atomic E-state index is 5.95. The number of fused-ring (bicyclic) bond motifs is 1. The number of nitrogens with two attached hydrogens (primary N) is 1. The number of anilines is 1. The van der Waals surface area contributed by atoms with Gasteiger partial charge in [0.1, 0.15) is 17.7 Å². The van der Waals surface area contributed by atoms with Crippen LogP contribution in [-0.4, -0.2) is 19.9 Å². The van der Waals surface area contributed by atoms with Crippen molar-refractivity contribution in [3.63, 3.8) is 0 Å². The summed E-state index contributed by atoms with van der Waals surface area (Å²) in [5, 5.41) is 1.08. The summed E-state index contributed by atoms with van der Waals surface area (Å²) in [7, 11) is 0. The average Bonchev–Trinajstić information content (AvgIpc) is 2.73. The number of hydrogen-bond donors (Lipinski definition) is 2. The van der Waals surface area contributed by atoms with Crippen molar-refractivity contribution in [2.45, 2.75) is 0 Å². The Balaban J connectivity index is 2.22. The molecule has 5 nitrogen and oxygen atoms in total. The molecular formula is C11H7Cl2N5. The van der Waals surface area contributed by atoms with E-state index in [1.54, 1.807) is 18.2 Å². The molecule has 3 rings (SSSR count). The Hall–Kier alpha value is -1.85. The monoisotopic (exact) mass is 279 g/mol. The molecule has 7 heteroatoms. The minimum Gasteiger partial charge on any atom is -0.382 e. The third-order valence-electron chi connectivity index (χ3n) is 2.45. The average molecular weight is 280 g/mol. The van der Waals surface area contributed by atoms with Gasteiger partial charge in [0.15, 0.2) is 11.5 Å². The highest BCUT2D eigenvalue weighted by atomic mass is 35.5. The van der Waals surface area contributed by atoms with Crippen molar-refractivity contribution in [3.8, 4) is 11.4 Å². The predicted octanol–water partition coefficient (Wildman–Crippen LogP) is 2.91. The van der Waals surface area contributed by atoms with Gasteiger partial charge in [0.2, 0.25) is 0 Å². The van der Waals surface area contributed by atoms with Gasteiger partial charge in [-0.25, -0.2) is 15.0 Å². The molecule has 0 radical (unpaired) electrons. The quantitative estimate of drug-likeness (QED) is 0.718. The van der Waals surface area contributed by atoms with Crippen LogP contribution < -0.4 is 5.73 Å². The fourth-order valence-corrected chi connectivity index (χ4v) is 2.20. The molecular weight excluding hydrogens is 273 g/mol. The van der Waals surface area contributed by atoms with Crippen LogP contribution in [0.5, 0.6) is 0 Å². The van der Waals surface area contributed by atoms with Gasteiger partial charge in [-0.15, -0.1) is 0 Å². The third-order valence-corrected chi connectivity index (χ3v) is 2.89. The summed E-state index contributed by atoms with van der Waals surface area (Å²) in [5.41, 5.74) is 7.61. The molecule has 0 saturated heterocycles. The number of aromatic nitrogens is 4. The molecule has 3 N–H and O–H groups in total. The normalized spacial score (nSPS) is 11.0. The second-order valence-corrected chi connectivity index (χ2v) is 4.57. The number of nitrogens with one attached hydrogen (secondary N) is 1. The molecule has 2 heterocycles. The van der Waals surface area contributed by atoms with Crippen molar-refractivity contribution in [1.82, 2.24) is 19.9 Å². The first-order valence-corrected chi connectivity index (χ1v) is 5.82. The van der Waals surface area contributed by atoms with E-state index in [1.165, 1.54) is 6.33 Å². The Labute approximate surface area is 112 Å². The molecule has 0 aliphatic heterocycles. The van der Waals surface area contributed by atoms with Gasteiger partial charge in [0.25, 0.3) is 0 Å². The summed E-state index contributed by atoms with van der Waals surface area (Å²) in [4.78, 5) is 15.3. The first-order chi connectivity index (χ1) is 8.63. The zero-order valence-electron chi connectivity index (χ0n) is 8.98. The number of nitrogen functional groups attached to an aromatic ring is 1. The Morgan fingerprint density at radius 1 is 1.06 bits per heavy atom. The molecule has 0 amide bonds. The third kappa shape index (κ3) is 1.87. The van der Waals surface area contributed by atoms with Crippen molar-refractivity contribution < 1.29 is 0 Å². The van der Waals surface area contributed by atoms with Crippen LogP contribution in [0, 0.1) is 0 Å². The summed E-state index contributed by atoms with van der Waals surface area (Å²) < 4.78 is 0. The Morgan fingerprint density at radius 3 is 2.44 bits per heavy atom. The van der Waals surface area contributed by atoms with E-state index in [4.69, 9.17) is 28.9 Å². The topological polar surface area (TPSA) is 80.5 Å². The summed E-state index contributed by atoms with van der Waals surface area (Å²) in [5.74, 6) is 0.952. The van der Waals surface area contributed by atoms with Gasteiger partial charge in [0.05, 0.1) is 0 Å². The summed E-state index contributed by atoms with van der Waals surface area (Å²) in [6, 6.07) is 5.17. The van der Waals surface area contributed by atoms with Crippen LogP contribution in [-0.2, 0) is 0 Å². The molecule has 90 valence electrons. The van der Waals surface area contributed by atoms with E-state index in [0.29, 0.717) is 32.9 Å². The minimum atomic E-state index is 0.354. The fraction of sp³-hybridized carbons (Fsp3) is 0. The SMILES string of the molecule is Nc1ncnc2nc(-c3cc(Cl)cc(Cl)c3)[nH]c12. The van der Waals surface area contributed by atoms with Crippen molar-refractivity contribution in [2.75, 3.05) is 5.73 Å². The van der Waals surface area contributed by atoms with Gasteiger partial charge in [-0.2, -0.15) is 0 Å². The highest BCUT2D eigenvalue weighted by molar-refractivity contribution is 6.35. The maximum Gasteiger partial charge on any atom is 0.183 e. The van der Waals surface area contributed by atoms with Crippen LogP contribution in [0.2, 0.25) is 10.0 Å². The van der Waals surface area contributed by atoms with Gasteiger partial charge in [-0.05, 0) is 18.2 Å². The molecule has 0 unspecified atom stereocenters. The second kappa shape index (κ2) is 4.12. The number of rotatable bonds is 1. The van der Waals surface area contributed by atoms with Crippen LogP contribution >= 0.6 is 23.2 Å². The van der Waals surface area contributed by atoms with Crippen molar-refractivity contribution in [2.24, 2.45) is 0 Å². The van der Waals surface area contributed by atoms with E-state index in [9.17, 15) is 0 Å². The van der Waals surface area contributed by atoms with Gasteiger partial charge in [-0.1, -0.05) is 23.2 Å². The molecule has 3 aromatic rings. The lowest BCUT2D eigenvalue weighted by molar-refractivity contribution is 1.21. The largest absolute Gasteiger partial charge is 0.382 e. The van der Waals surface area contributed by atoms with E-state index in [1.807, 2.05) is 0 Å². The van der Waals surface area contributed by atoms with Crippen LogP contribution in [0.25, 0.3) is 22.6 Å². The van der Waals surface area contributed by atoms with E-state index < -0.39 is 0 Å². The lowest BCUT2D eigenvalue weighted by atomic mass is 10.2. The van der Waals surface area contributed by atoms with Crippen LogP contribution in [0.3, 0.4) is 0 Å². The highest BCUT2D eigenvalue weighted by Gasteiger charge is 2.10. The fourth-order valence-electron chi connectivity index (χ4n) is 1.67. The Morgan fingerprint density at radius 2 is 1.78 bits per heavy atom. The number of H-pyrrole nitrogens is 1. The molecule has 18 heavy (non-hydrogen) atoms. The zero-order chi connectivity index (χ0) is 12.7. The smallest absolute Gasteiger partial charge is 0.183 e. The first kappa shape index (κ1) is 11.3. The van der Waals surface area contributed by atoms with Gasteiger partial charge >= 0.3 is 0 Å². The number of aromatic amines is 1. The molecule has 0 saturated carbocycles. The molecule has 2 aromatic heterocycles. The summed E-state index contributed by atoms with van der Waals surface area (Å²) in [6.07, 6.45) is 1.37. The highest BCUT2D eigenvalue weighted by Crippen LogP contribution is 2.27.